The number of nitro groups is 1. The normalized spacial score (nSPS) is 12.4. The molecular formula is C20H22N4O4. The summed E-state index contributed by atoms with van der Waals surface area (Å²) in [7, 11) is 0. The highest BCUT2D eigenvalue weighted by atomic mass is 16.6. The lowest BCUT2D eigenvalue weighted by Crippen LogP contribution is -2.29. The Morgan fingerprint density at radius 2 is 1.96 bits per heavy atom. The van der Waals surface area contributed by atoms with E-state index in [2.05, 4.69) is 10.6 Å². The van der Waals surface area contributed by atoms with Crippen molar-refractivity contribution in [2.45, 2.75) is 19.8 Å². The van der Waals surface area contributed by atoms with Crippen molar-refractivity contribution in [2.24, 2.45) is 0 Å². The van der Waals surface area contributed by atoms with Gasteiger partial charge in [-0.3, -0.25) is 19.7 Å². The topological polar surface area (TPSA) is 105 Å². The van der Waals surface area contributed by atoms with Crippen molar-refractivity contribution in [1.82, 2.24) is 5.32 Å². The molecule has 1 aliphatic heterocycles. The van der Waals surface area contributed by atoms with E-state index in [-0.39, 0.29) is 17.5 Å². The van der Waals surface area contributed by atoms with Crippen molar-refractivity contribution < 1.29 is 14.5 Å². The van der Waals surface area contributed by atoms with E-state index >= 15 is 0 Å². The van der Waals surface area contributed by atoms with E-state index in [1.807, 2.05) is 19.1 Å². The first-order chi connectivity index (χ1) is 13.5. The van der Waals surface area contributed by atoms with Crippen LogP contribution in [0.3, 0.4) is 0 Å². The van der Waals surface area contributed by atoms with Crippen LogP contribution in [0.15, 0.2) is 42.5 Å². The zero-order chi connectivity index (χ0) is 20.1. The lowest BCUT2D eigenvalue weighted by molar-refractivity contribution is -0.384. The van der Waals surface area contributed by atoms with E-state index < -0.39 is 4.92 Å². The molecule has 1 aliphatic rings. The Labute approximate surface area is 162 Å². The van der Waals surface area contributed by atoms with Gasteiger partial charge in [-0.05, 0) is 36.2 Å². The summed E-state index contributed by atoms with van der Waals surface area (Å²) >= 11 is 0. The molecule has 2 N–H and O–H groups in total. The second kappa shape index (κ2) is 8.51. The summed E-state index contributed by atoms with van der Waals surface area (Å²) < 4.78 is 0. The maximum atomic E-state index is 12.4. The highest BCUT2D eigenvalue weighted by molar-refractivity contribution is 5.98. The van der Waals surface area contributed by atoms with Crippen LogP contribution in [-0.2, 0) is 11.2 Å². The number of hydrogen-bond donors (Lipinski definition) is 2. The first-order valence-corrected chi connectivity index (χ1v) is 9.20. The zero-order valence-corrected chi connectivity index (χ0v) is 15.6. The average molecular weight is 382 g/mol. The van der Waals surface area contributed by atoms with Gasteiger partial charge in [-0.25, -0.2) is 0 Å². The Balaban J connectivity index is 1.55. The number of amides is 2. The van der Waals surface area contributed by atoms with Crippen LogP contribution in [0.25, 0.3) is 0 Å². The quantitative estimate of drug-likeness (QED) is 0.435. The van der Waals surface area contributed by atoms with E-state index in [1.54, 1.807) is 29.2 Å². The number of benzene rings is 2. The monoisotopic (exact) mass is 382 g/mol. The molecule has 2 aromatic carbocycles. The van der Waals surface area contributed by atoms with E-state index in [4.69, 9.17) is 0 Å². The van der Waals surface area contributed by atoms with Gasteiger partial charge in [0.25, 0.3) is 11.6 Å². The van der Waals surface area contributed by atoms with Gasteiger partial charge in [0.15, 0.2) is 0 Å². The van der Waals surface area contributed by atoms with Gasteiger partial charge in [-0.15, -0.1) is 0 Å². The summed E-state index contributed by atoms with van der Waals surface area (Å²) in [5.74, 6) is -0.135. The zero-order valence-electron chi connectivity index (χ0n) is 15.6. The number of nitrogens with one attached hydrogen (secondary N) is 2. The third-order valence-electron chi connectivity index (χ3n) is 4.67. The highest BCUT2D eigenvalue weighted by Crippen LogP contribution is 2.29. The second-order valence-corrected chi connectivity index (χ2v) is 6.45. The minimum Gasteiger partial charge on any atom is -0.378 e. The number of hydrogen-bond acceptors (Lipinski definition) is 5. The molecular weight excluding hydrogens is 360 g/mol. The molecule has 0 fully saturated rings. The number of anilines is 2. The van der Waals surface area contributed by atoms with Crippen LogP contribution in [-0.4, -0.2) is 36.4 Å². The van der Waals surface area contributed by atoms with Gasteiger partial charge in [0, 0.05) is 43.4 Å². The number of rotatable bonds is 7. The molecule has 0 atom stereocenters. The van der Waals surface area contributed by atoms with Crippen molar-refractivity contribution >= 4 is 28.9 Å². The van der Waals surface area contributed by atoms with E-state index in [9.17, 15) is 19.7 Å². The summed E-state index contributed by atoms with van der Waals surface area (Å²) in [6.07, 6.45) is 1.19. The fraction of sp³-hybridized carbons (Fsp3) is 0.300. The summed E-state index contributed by atoms with van der Waals surface area (Å²) in [6.45, 7) is 3.16. The predicted octanol–water partition coefficient (Wildman–Crippen LogP) is 2.74. The maximum Gasteiger partial charge on any atom is 0.292 e. The Hall–Kier alpha value is -3.42. The van der Waals surface area contributed by atoms with Gasteiger partial charge >= 0.3 is 0 Å². The molecule has 0 aromatic heterocycles. The van der Waals surface area contributed by atoms with Crippen LogP contribution in [0.5, 0.6) is 0 Å². The summed E-state index contributed by atoms with van der Waals surface area (Å²) in [6, 6.07) is 11.7. The van der Waals surface area contributed by atoms with Gasteiger partial charge < -0.3 is 15.5 Å². The van der Waals surface area contributed by atoms with Gasteiger partial charge in [0.05, 0.1) is 4.92 Å². The third-order valence-corrected chi connectivity index (χ3v) is 4.67. The average Bonchev–Trinajstić information content (AvgIpc) is 3.13. The maximum absolute atomic E-state index is 12.4. The molecule has 0 radical (unpaired) electrons. The largest absolute Gasteiger partial charge is 0.378 e. The number of carbonyl (C=O) groups is 2. The number of nitrogens with zero attached hydrogens (tertiary/aromatic N) is 2. The molecule has 1 heterocycles. The number of para-hydroxylation sites is 2. The minimum absolute atomic E-state index is 0.00127. The van der Waals surface area contributed by atoms with Crippen LogP contribution in [0, 0.1) is 10.1 Å². The standard InChI is InChI=1S/C20H22N4O4/c1-2-19(25)23-12-9-14-13-15(7-8-17(14)23)20(26)22-11-10-21-16-5-3-4-6-18(16)24(27)28/h3-8,13,21H,2,9-12H2,1H3,(H,22,26). The molecule has 0 aliphatic carbocycles. The van der Waals surface area contributed by atoms with Crippen LogP contribution >= 0.6 is 0 Å². The highest BCUT2D eigenvalue weighted by Gasteiger charge is 2.24. The van der Waals surface area contributed by atoms with E-state index in [1.165, 1.54) is 6.07 Å². The summed E-state index contributed by atoms with van der Waals surface area (Å²) in [5.41, 5.74) is 2.82. The Morgan fingerprint density at radius 3 is 2.71 bits per heavy atom. The third kappa shape index (κ3) is 4.11. The van der Waals surface area contributed by atoms with Crippen LogP contribution < -0.4 is 15.5 Å². The first kappa shape index (κ1) is 19.3. The molecule has 0 saturated heterocycles. The molecule has 0 bridgehead atoms. The summed E-state index contributed by atoms with van der Waals surface area (Å²) in [4.78, 5) is 36.6. The number of nitro benzene ring substituents is 1. The molecule has 8 heteroatoms. The SMILES string of the molecule is CCC(=O)N1CCc2cc(C(=O)NCCNc3ccccc3[N+](=O)[O-])ccc21. The second-order valence-electron chi connectivity index (χ2n) is 6.45. The van der Waals surface area contributed by atoms with Crippen LogP contribution in [0.2, 0.25) is 0 Å². The van der Waals surface area contributed by atoms with Crippen LogP contribution in [0.4, 0.5) is 17.1 Å². The molecule has 146 valence electrons. The molecule has 0 unspecified atom stereocenters. The Morgan fingerprint density at radius 1 is 1.18 bits per heavy atom. The van der Waals surface area contributed by atoms with Crippen molar-refractivity contribution in [3.63, 3.8) is 0 Å². The van der Waals surface area contributed by atoms with Gasteiger partial charge in [0.2, 0.25) is 5.91 Å². The smallest absolute Gasteiger partial charge is 0.292 e. The molecule has 2 aromatic rings. The van der Waals surface area contributed by atoms with Crippen molar-refractivity contribution in [2.75, 3.05) is 29.9 Å². The van der Waals surface area contributed by atoms with Crippen molar-refractivity contribution in [3.8, 4) is 0 Å². The summed E-state index contributed by atoms with van der Waals surface area (Å²) in [5, 5.41) is 16.8. The molecule has 28 heavy (non-hydrogen) atoms. The van der Waals surface area contributed by atoms with Crippen molar-refractivity contribution in [1.29, 1.82) is 0 Å². The fourth-order valence-electron chi connectivity index (χ4n) is 3.25. The van der Waals surface area contributed by atoms with Gasteiger partial charge in [0.1, 0.15) is 5.69 Å². The number of fused-ring (bicyclic) bond motifs is 1. The van der Waals surface area contributed by atoms with E-state index in [0.29, 0.717) is 37.3 Å². The van der Waals surface area contributed by atoms with E-state index in [0.717, 1.165) is 17.7 Å². The Bertz CT molecular complexity index is 913. The molecule has 0 saturated carbocycles. The molecule has 8 nitrogen and oxygen atoms in total. The first-order valence-electron chi connectivity index (χ1n) is 9.20. The van der Waals surface area contributed by atoms with Gasteiger partial charge in [-0.2, -0.15) is 0 Å². The lowest BCUT2D eigenvalue weighted by Gasteiger charge is -2.16. The fourth-order valence-corrected chi connectivity index (χ4v) is 3.25. The molecule has 0 spiro atoms. The van der Waals surface area contributed by atoms with Gasteiger partial charge in [-0.1, -0.05) is 19.1 Å². The lowest BCUT2D eigenvalue weighted by atomic mass is 10.1. The molecule has 2 amide bonds. The Kier molecular flexibility index (Phi) is 5.88. The molecule has 3 rings (SSSR count). The minimum atomic E-state index is -0.446. The van der Waals surface area contributed by atoms with Crippen molar-refractivity contribution in [3.05, 3.63) is 63.7 Å². The predicted molar refractivity (Wildman–Crippen MR) is 107 cm³/mol. The van der Waals surface area contributed by atoms with Crippen LogP contribution in [0.1, 0.15) is 29.3 Å². The number of carbonyl (C=O) groups excluding carboxylic acids is 2.